The number of Topliss-reactive ketones (excluding diaryl/α,β-unsaturated/α-hetero) is 1. The van der Waals surface area contributed by atoms with Gasteiger partial charge in [0.15, 0.2) is 5.78 Å². The summed E-state index contributed by atoms with van der Waals surface area (Å²) in [4.78, 5) is 11.3. The second-order valence-electron chi connectivity index (χ2n) is 2.65. The molecule has 1 aromatic carbocycles. The lowest BCUT2D eigenvalue weighted by atomic mass is 10.0. The molecule has 0 spiro atoms. The van der Waals surface area contributed by atoms with Crippen LogP contribution in [0, 0.1) is 18.3 Å². The minimum absolute atomic E-state index is 0.0459. The fraction of sp³-hybridized carbons (Fsp3) is 0.200. The highest BCUT2D eigenvalue weighted by Gasteiger charge is 2.09. The second kappa shape index (κ2) is 4.06. The predicted octanol–water partition coefficient (Wildman–Crippen LogP) is 2.29. The van der Waals surface area contributed by atoms with Crippen molar-refractivity contribution in [3.8, 4) is 6.07 Å². The average Bonchev–Trinajstić information content (AvgIpc) is 2.17. The number of ketones is 1. The van der Waals surface area contributed by atoms with Crippen molar-refractivity contribution in [2.45, 2.75) is 6.92 Å². The Morgan fingerprint density at radius 2 is 2.31 bits per heavy atom. The summed E-state index contributed by atoms with van der Waals surface area (Å²) in [6.45, 7) is 1.75. The van der Waals surface area contributed by atoms with E-state index >= 15 is 0 Å². The topological polar surface area (TPSA) is 40.9 Å². The summed E-state index contributed by atoms with van der Waals surface area (Å²) in [6.07, 6.45) is 0. The molecule has 0 amide bonds. The third kappa shape index (κ3) is 1.88. The van der Waals surface area contributed by atoms with Crippen molar-refractivity contribution >= 4 is 17.4 Å². The van der Waals surface area contributed by atoms with Crippen LogP contribution in [0.25, 0.3) is 0 Å². The molecule has 0 N–H and O–H groups in total. The molecule has 0 aliphatic heterocycles. The highest BCUT2D eigenvalue weighted by molar-refractivity contribution is 6.30. The van der Waals surface area contributed by atoms with Crippen LogP contribution < -0.4 is 0 Å². The third-order valence-corrected chi connectivity index (χ3v) is 2.12. The molecule has 1 rings (SSSR count). The molecule has 13 heavy (non-hydrogen) atoms. The van der Waals surface area contributed by atoms with Gasteiger partial charge in [-0.3, -0.25) is 4.79 Å². The van der Waals surface area contributed by atoms with Gasteiger partial charge in [-0.1, -0.05) is 12.1 Å². The Kier molecular flexibility index (Phi) is 3.05. The lowest BCUT2D eigenvalue weighted by Crippen LogP contribution is -2.03. The molecule has 0 aliphatic rings. The molecule has 0 aliphatic carbocycles. The fourth-order valence-electron chi connectivity index (χ4n) is 1.13. The molecule has 0 atom stereocenters. The first-order valence-corrected chi connectivity index (χ1v) is 4.33. The van der Waals surface area contributed by atoms with E-state index in [2.05, 4.69) is 0 Å². The van der Waals surface area contributed by atoms with E-state index in [9.17, 15) is 4.79 Å². The van der Waals surface area contributed by atoms with Gasteiger partial charge in [0.2, 0.25) is 0 Å². The largest absolute Gasteiger partial charge is 0.293 e. The normalized spacial score (nSPS) is 9.31. The van der Waals surface area contributed by atoms with Crippen LogP contribution >= 0.6 is 11.6 Å². The van der Waals surface area contributed by atoms with Crippen molar-refractivity contribution in [2.75, 3.05) is 5.88 Å². The van der Waals surface area contributed by atoms with Gasteiger partial charge in [-0.05, 0) is 18.6 Å². The number of rotatable bonds is 2. The van der Waals surface area contributed by atoms with Crippen molar-refractivity contribution in [3.63, 3.8) is 0 Å². The van der Waals surface area contributed by atoms with Crippen molar-refractivity contribution in [2.24, 2.45) is 0 Å². The van der Waals surface area contributed by atoms with E-state index in [1.165, 1.54) is 0 Å². The Bertz CT molecular complexity index is 379. The molecule has 66 valence electrons. The lowest BCUT2D eigenvalue weighted by molar-refractivity contribution is 0.102. The van der Waals surface area contributed by atoms with Crippen molar-refractivity contribution < 1.29 is 4.79 Å². The standard InChI is InChI=1S/C10H8ClNO/c1-7-8(6-12)3-2-4-9(7)10(13)5-11/h2-4H,5H2,1H3. The zero-order chi connectivity index (χ0) is 9.84. The predicted molar refractivity (Wildman–Crippen MR) is 50.9 cm³/mol. The quantitative estimate of drug-likeness (QED) is 0.534. The maximum Gasteiger partial charge on any atom is 0.177 e. The number of nitrogens with zero attached hydrogens (tertiary/aromatic N) is 1. The smallest absolute Gasteiger partial charge is 0.177 e. The van der Waals surface area contributed by atoms with E-state index in [1.807, 2.05) is 6.07 Å². The van der Waals surface area contributed by atoms with Gasteiger partial charge < -0.3 is 0 Å². The number of benzene rings is 1. The summed E-state index contributed by atoms with van der Waals surface area (Å²) in [6, 6.07) is 7.07. The summed E-state index contributed by atoms with van der Waals surface area (Å²) in [5.74, 6) is -0.188. The monoisotopic (exact) mass is 193 g/mol. The molecule has 0 heterocycles. The molecule has 3 heteroatoms. The molecule has 0 fully saturated rings. The Morgan fingerprint density at radius 3 is 2.85 bits per heavy atom. The average molecular weight is 194 g/mol. The maximum absolute atomic E-state index is 11.3. The number of halogens is 1. The molecule has 0 bridgehead atoms. The van der Waals surface area contributed by atoms with Gasteiger partial charge in [0, 0.05) is 5.56 Å². The first-order valence-electron chi connectivity index (χ1n) is 3.79. The zero-order valence-electron chi connectivity index (χ0n) is 7.17. The zero-order valence-corrected chi connectivity index (χ0v) is 7.93. The molecular formula is C10H8ClNO. The highest BCUT2D eigenvalue weighted by Crippen LogP contribution is 2.13. The van der Waals surface area contributed by atoms with Gasteiger partial charge in [0.1, 0.15) is 0 Å². The number of hydrogen-bond donors (Lipinski definition) is 0. The summed E-state index contributed by atoms with van der Waals surface area (Å²) in [5, 5.41) is 8.70. The van der Waals surface area contributed by atoms with E-state index in [0.717, 1.165) is 0 Å². The van der Waals surface area contributed by atoms with Gasteiger partial charge in [-0.15, -0.1) is 11.6 Å². The highest BCUT2D eigenvalue weighted by atomic mass is 35.5. The molecule has 1 aromatic rings. The molecule has 0 saturated heterocycles. The van der Waals surface area contributed by atoms with E-state index in [0.29, 0.717) is 16.7 Å². The fourth-order valence-corrected chi connectivity index (χ4v) is 1.27. The Balaban J connectivity index is 3.25. The van der Waals surface area contributed by atoms with Crippen LogP contribution in [0.15, 0.2) is 18.2 Å². The first-order chi connectivity index (χ1) is 6.20. The number of carbonyl (C=O) groups is 1. The minimum atomic E-state index is -0.142. The Labute approximate surface area is 81.7 Å². The number of nitriles is 1. The molecule has 0 unspecified atom stereocenters. The molecule has 2 nitrogen and oxygen atoms in total. The van der Waals surface area contributed by atoms with Crippen LogP contribution in [0.1, 0.15) is 21.5 Å². The van der Waals surface area contributed by atoms with Crippen LogP contribution in [0.4, 0.5) is 0 Å². The van der Waals surface area contributed by atoms with Gasteiger partial charge in [0.05, 0.1) is 17.5 Å². The van der Waals surface area contributed by atoms with Crippen LogP contribution in [0.3, 0.4) is 0 Å². The van der Waals surface area contributed by atoms with Crippen molar-refractivity contribution in [1.29, 1.82) is 5.26 Å². The van der Waals surface area contributed by atoms with Gasteiger partial charge in [-0.25, -0.2) is 0 Å². The van der Waals surface area contributed by atoms with Crippen LogP contribution in [0.2, 0.25) is 0 Å². The van der Waals surface area contributed by atoms with Gasteiger partial charge in [0.25, 0.3) is 0 Å². The Morgan fingerprint density at radius 1 is 1.62 bits per heavy atom. The van der Waals surface area contributed by atoms with E-state index in [-0.39, 0.29) is 11.7 Å². The summed E-state index contributed by atoms with van der Waals surface area (Å²) in [5.41, 5.74) is 1.76. The van der Waals surface area contributed by atoms with Gasteiger partial charge >= 0.3 is 0 Å². The SMILES string of the molecule is Cc1c(C#N)cccc1C(=O)CCl. The van der Waals surface area contributed by atoms with Crippen molar-refractivity contribution in [1.82, 2.24) is 0 Å². The summed E-state index contributed by atoms with van der Waals surface area (Å²) in [7, 11) is 0. The van der Waals surface area contributed by atoms with Crippen molar-refractivity contribution in [3.05, 3.63) is 34.9 Å². The minimum Gasteiger partial charge on any atom is -0.293 e. The lowest BCUT2D eigenvalue weighted by Gasteiger charge is -2.03. The Hall–Kier alpha value is -1.33. The van der Waals surface area contributed by atoms with E-state index in [1.54, 1.807) is 25.1 Å². The van der Waals surface area contributed by atoms with Gasteiger partial charge in [-0.2, -0.15) is 5.26 Å². The van der Waals surface area contributed by atoms with Crippen LogP contribution in [-0.4, -0.2) is 11.7 Å². The van der Waals surface area contributed by atoms with Crippen LogP contribution in [0.5, 0.6) is 0 Å². The number of alkyl halides is 1. The molecule has 0 radical (unpaired) electrons. The molecular weight excluding hydrogens is 186 g/mol. The number of carbonyl (C=O) groups excluding carboxylic acids is 1. The number of hydrogen-bond acceptors (Lipinski definition) is 2. The molecule has 0 aromatic heterocycles. The van der Waals surface area contributed by atoms with E-state index < -0.39 is 0 Å². The second-order valence-corrected chi connectivity index (χ2v) is 2.91. The van der Waals surface area contributed by atoms with E-state index in [4.69, 9.17) is 16.9 Å². The van der Waals surface area contributed by atoms with Crippen LogP contribution in [-0.2, 0) is 0 Å². The maximum atomic E-state index is 11.3. The third-order valence-electron chi connectivity index (χ3n) is 1.88. The first kappa shape index (κ1) is 9.76. The summed E-state index contributed by atoms with van der Waals surface area (Å²) < 4.78 is 0. The molecule has 0 saturated carbocycles. The summed E-state index contributed by atoms with van der Waals surface area (Å²) >= 11 is 5.42.